The molecule has 0 saturated heterocycles. The van der Waals surface area contributed by atoms with E-state index in [0.717, 1.165) is 0 Å². The summed E-state index contributed by atoms with van der Waals surface area (Å²) in [5, 5.41) is 3.26. The molecule has 0 aromatic heterocycles. The van der Waals surface area contributed by atoms with Gasteiger partial charge in [-0.2, -0.15) is 0 Å². The van der Waals surface area contributed by atoms with Crippen molar-refractivity contribution in [1.29, 1.82) is 0 Å². The van der Waals surface area contributed by atoms with Crippen LogP contribution in [0.2, 0.25) is 10.0 Å². The molecule has 2 amide bonds. The fourth-order valence-electron chi connectivity index (χ4n) is 1.63. The second-order valence-electron chi connectivity index (χ2n) is 4.68. The van der Waals surface area contributed by atoms with Gasteiger partial charge in [-0.15, -0.1) is 0 Å². The van der Waals surface area contributed by atoms with E-state index >= 15 is 0 Å². The summed E-state index contributed by atoms with van der Waals surface area (Å²) in [5.41, 5.74) is 5.53. The number of benzene rings is 1. The van der Waals surface area contributed by atoms with E-state index in [4.69, 9.17) is 28.9 Å². The molecule has 0 aliphatic carbocycles. The van der Waals surface area contributed by atoms with Crippen LogP contribution >= 0.6 is 23.2 Å². The van der Waals surface area contributed by atoms with Gasteiger partial charge in [-0.25, -0.2) is 0 Å². The van der Waals surface area contributed by atoms with Crippen LogP contribution in [-0.2, 0) is 4.79 Å². The normalized spacial score (nSPS) is 12.3. The zero-order valence-electron chi connectivity index (χ0n) is 10.7. The van der Waals surface area contributed by atoms with Gasteiger partial charge in [0.2, 0.25) is 5.91 Å². The summed E-state index contributed by atoms with van der Waals surface area (Å²) in [7, 11) is 0. The van der Waals surface area contributed by atoms with Crippen LogP contribution in [0.15, 0.2) is 18.2 Å². The molecule has 0 unspecified atom stereocenters. The molecule has 0 spiro atoms. The summed E-state index contributed by atoms with van der Waals surface area (Å²) in [6, 6.07) is 3.83. The first-order valence-corrected chi connectivity index (χ1v) is 6.62. The van der Waals surface area contributed by atoms with Crippen molar-refractivity contribution in [3.05, 3.63) is 33.8 Å². The SMILES string of the molecule is CC(C)C[C@H](NC(=O)c1ccc(Cl)cc1Cl)C(N)=O. The van der Waals surface area contributed by atoms with Gasteiger partial charge in [-0.05, 0) is 30.5 Å². The maximum Gasteiger partial charge on any atom is 0.253 e. The molecule has 1 aromatic rings. The lowest BCUT2D eigenvalue weighted by molar-refractivity contribution is -0.120. The third kappa shape index (κ3) is 4.73. The minimum Gasteiger partial charge on any atom is -0.368 e. The van der Waals surface area contributed by atoms with Crippen molar-refractivity contribution in [3.63, 3.8) is 0 Å². The summed E-state index contributed by atoms with van der Waals surface area (Å²) in [5.74, 6) is -0.767. The minimum absolute atomic E-state index is 0.234. The molecule has 0 bridgehead atoms. The van der Waals surface area contributed by atoms with Crippen molar-refractivity contribution in [2.24, 2.45) is 11.7 Å². The van der Waals surface area contributed by atoms with Gasteiger partial charge in [0.15, 0.2) is 0 Å². The Bertz CT molecular complexity index is 490. The Labute approximate surface area is 122 Å². The second-order valence-corrected chi connectivity index (χ2v) is 5.53. The summed E-state index contributed by atoms with van der Waals surface area (Å²) in [4.78, 5) is 23.3. The van der Waals surface area contributed by atoms with E-state index in [1.54, 1.807) is 6.07 Å². The predicted octanol–water partition coefficient (Wildman–Crippen LogP) is 2.62. The molecule has 1 rings (SSSR count). The molecule has 0 radical (unpaired) electrons. The molecule has 1 atom stereocenters. The largest absolute Gasteiger partial charge is 0.368 e. The van der Waals surface area contributed by atoms with Gasteiger partial charge < -0.3 is 11.1 Å². The van der Waals surface area contributed by atoms with E-state index in [1.165, 1.54) is 12.1 Å². The van der Waals surface area contributed by atoms with Crippen LogP contribution in [0.5, 0.6) is 0 Å². The number of carbonyl (C=O) groups is 2. The monoisotopic (exact) mass is 302 g/mol. The van der Waals surface area contributed by atoms with Crippen LogP contribution in [0.25, 0.3) is 0 Å². The molecule has 0 aliphatic rings. The maximum absolute atomic E-state index is 12.0. The molecule has 0 aliphatic heterocycles. The highest BCUT2D eigenvalue weighted by molar-refractivity contribution is 6.36. The molecule has 3 N–H and O–H groups in total. The number of carbonyl (C=O) groups excluding carboxylic acids is 2. The Kier molecular flexibility index (Phi) is 5.63. The lowest BCUT2D eigenvalue weighted by Crippen LogP contribution is -2.45. The van der Waals surface area contributed by atoms with Crippen LogP contribution in [-0.4, -0.2) is 17.9 Å². The quantitative estimate of drug-likeness (QED) is 0.877. The van der Waals surface area contributed by atoms with Crippen LogP contribution < -0.4 is 11.1 Å². The number of halogens is 2. The number of primary amides is 1. The topological polar surface area (TPSA) is 72.2 Å². The third-order valence-electron chi connectivity index (χ3n) is 2.53. The molecule has 4 nitrogen and oxygen atoms in total. The molecule has 104 valence electrons. The summed E-state index contributed by atoms with van der Waals surface area (Å²) in [6.07, 6.45) is 0.478. The highest BCUT2D eigenvalue weighted by Gasteiger charge is 2.21. The number of amides is 2. The Morgan fingerprint density at radius 1 is 1.32 bits per heavy atom. The van der Waals surface area contributed by atoms with Crippen LogP contribution in [0, 0.1) is 5.92 Å². The van der Waals surface area contributed by atoms with Crippen molar-refractivity contribution in [1.82, 2.24) is 5.32 Å². The molecule has 6 heteroatoms. The van der Waals surface area contributed by atoms with Gasteiger partial charge in [0.25, 0.3) is 5.91 Å². The molecule has 1 aromatic carbocycles. The number of hydrogen-bond donors (Lipinski definition) is 2. The number of nitrogens with two attached hydrogens (primary N) is 1. The summed E-state index contributed by atoms with van der Waals surface area (Å²) < 4.78 is 0. The molecule has 0 fully saturated rings. The van der Waals surface area contributed by atoms with Crippen LogP contribution in [0.3, 0.4) is 0 Å². The van der Waals surface area contributed by atoms with Crippen LogP contribution in [0.4, 0.5) is 0 Å². The number of hydrogen-bond acceptors (Lipinski definition) is 2. The molecular weight excluding hydrogens is 287 g/mol. The third-order valence-corrected chi connectivity index (χ3v) is 3.08. The predicted molar refractivity (Wildman–Crippen MR) is 76.4 cm³/mol. The highest BCUT2D eigenvalue weighted by atomic mass is 35.5. The van der Waals surface area contributed by atoms with Crippen LogP contribution in [0.1, 0.15) is 30.6 Å². The first-order chi connectivity index (χ1) is 8.81. The van der Waals surface area contributed by atoms with Crippen molar-refractivity contribution in [2.45, 2.75) is 26.3 Å². The van der Waals surface area contributed by atoms with E-state index in [9.17, 15) is 9.59 Å². The van der Waals surface area contributed by atoms with Crippen molar-refractivity contribution >= 4 is 35.0 Å². The Morgan fingerprint density at radius 3 is 2.42 bits per heavy atom. The maximum atomic E-state index is 12.0. The second kappa shape index (κ2) is 6.78. The zero-order chi connectivity index (χ0) is 14.6. The van der Waals surface area contributed by atoms with Crippen molar-refractivity contribution < 1.29 is 9.59 Å². The van der Waals surface area contributed by atoms with Gasteiger partial charge in [0.1, 0.15) is 6.04 Å². The smallest absolute Gasteiger partial charge is 0.253 e. The van der Waals surface area contributed by atoms with E-state index in [-0.39, 0.29) is 16.5 Å². The molecular formula is C13H16Cl2N2O2. The summed E-state index contributed by atoms with van der Waals surface area (Å²) >= 11 is 11.7. The fraction of sp³-hybridized carbons (Fsp3) is 0.385. The molecule has 0 heterocycles. The highest BCUT2D eigenvalue weighted by Crippen LogP contribution is 2.21. The average Bonchev–Trinajstić information content (AvgIpc) is 2.26. The minimum atomic E-state index is -0.709. The molecule has 19 heavy (non-hydrogen) atoms. The van der Waals surface area contributed by atoms with E-state index in [0.29, 0.717) is 11.4 Å². The average molecular weight is 303 g/mol. The zero-order valence-corrected chi connectivity index (χ0v) is 12.3. The van der Waals surface area contributed by atoms with Gasteiger partial charge in [0.05, 0.1) is 10.6 Å². The van der Waals surface area contributed by atoms with Gasteiger partial charge >= 0.3 is 0 Å². The van der Waals surface area contributed by atoms with Gasteiger partial charge in [-0.3, -0.25) is 9.59 Å². The Hall–Kier alpha value is -1.26. The van der Waals surface area contributed by atoms with Crippen molar-refractivity contribution in [2.75, 3.05) is 0 Å². The van der Waals surface area contributed by atoms with Gasteiger partial charge in [0, 0.05) is 5.02 Å². The Morgan fingerprint density at radius 2 is 1.95 bits per heavy atom. The number of rotatable bonds is 5. The summed E-state index contributed by atoms with van der Waals surface area (Å²) in [6.45, 7) is 3.88. The lowest BCUT2D eigenvalue weighted by atomic mass is 10.0. The standard InChI is InChI=1S/C13H16Cl2N2O2/c1-7(2)5-11(12(16)18)17-13(19)9-4-3-8(14)6-10(9)15/h3-4,6-7,11H,5H2,1-2H3,(H2,16,18)(H,17,19)/t11-/m0/s1. The van der Waals surface area contributed by atoms with Gasteiger partial charge in [-0.1, -0.05) is 37.0 Å². The lowest BCUT2D eigenvalue weighted by Gasteiger charge is -2.17. The van der Waals surface area contributed by atoms with E-state index in [2.05, 4.69) is 5.32 Å². The molecule has 0 saturated carbocycles. The first-order valence-electron chi connectivity index (χ1n) is 5.86. The number of nitrogens with one attached hydrogen (secondary N) is 1. The Balaban J connectivity index is 2.84. The van der Waals surface area contributed by atoms with Crippen molar-refractivity contribution in [3.8, 4) is 0 Å². The fourth-order valence-corrected chi connectivity index (χ4v) is 2.12. The van der Waals surface area contributed by atoms with E-state index in [1.807, 2.05) is 13.8 Å². The first kappa shape index (κ1) is 15.8. The van der Waals surface area contributed by atoms with E-state index < -0.39 is 17.9 Å².